The molecule has 0 saturated heterocycles. The molecule has 0 heterocycles. The highest BCUT2D eigenvalue weighted by Crippen LogP contribution is 2.37. The lowest BCUT2D eigenvalue weighted by molar-refractivity contribution is 0.392. The molecule has 1 aliphatic rings. The minimum absolute atomic E-state index is 0. The van der Waals surface area contributed by atoms with Crippen molar-refractivity contribution in [2.75, 3.05) is 0 Å². The molecule has 2 nitrogen and oxygen atoms in total. The molecule has 0 spiro atoms. The summed E-state index contributed by atoms with van der Waals surface area (Å²) in [6.45, 7) is 0. The molecule has 1 fully saturated rings. The summed E-state index contributed by atoms with van der Waals surface area (Å²) in [6.07, 6.45) is 4.54. The topological polar surface area (TPSA) is 46.2 Å². The summed E-state index contributed by atoms with van der Waals surface area (Å²) in [5.41, 5.74) is 6.59. The van der Waals surface area contributed by atoms with Crippen LogP contribution in [0.5, 0.6) is 5.75 Å². The zero-order valence-electron chi connectivity index (χ0n) is 9.03. The number of aromatic hydroxyl groups is 1. The molecule has 0 bridgehead atoms. The fraction of sp³-hybridized carbons (Fsp3) is 0.500. The molecule has 2 rings (SSSR count). The lowest BCUT2D eigenvalue weighted by Crippen LogP contribution is -2.19. The van der Waals surface area contributed by atoms with Gasteiger partial charge in [-0.25, -0.2) is 4.39 Å². The van der Waals surface area contributed by atoms with Gasteiger partial charge in [-0.15, -0.1) is 12.4 Å². The quantitative estimate of drug-likeness (QED) is 0.841. The number of nitrogens with two attached hydrogens (primary N) is 1. The van der Waals surface area contributed by atoms with E-state index in [0.29, 0.717) is 11.5 Å². The Morgan fingerprint density at radius 1 is 1.31 bits per heavy atom. The molecule has 0 amide bonds. The zero-order valence-corrected chi connectivity index (χ0v) is 9.84. The lowest BCUT2D eigenvalue weighted by Gasteiger charge is -2.20. The van der Waals surface area contributed by atoms with Gasteiger partial charge in [0.05, 0.1) is 0 Å². The fourth-order valence-corrected chi connectivity index (χ4v) is 2.37. The Bertz CT molecular complexity index is 353. The number of rotatable bonds is 2. The number of halogens is 2. The van der Waals surface area contributed by atoms with E-state index in [2.05, 4.69) is 0 Å². The average Bonchev–Trinajstić information content (AvgIpc) is 2.74. The predicted molar refractivity (Wildman–Crippen MR) is 64.2 cm³/mol. The largest absolute Gasteiger partial charge is 0.505 e. The maximum absolute atomic E-state index is 13.1. The van der Waals surface area contributed by atoms with Crippen molar-refractivity contribution in [2.45, 2.75) is 31.7 Å². The van der Waals surface area contributed by atoms with E-state index in [9.17, 15) is 9.50 Å². The maximum atomic E-state index is 13.1. The second-order valence-electron chi connectivity index (χ2n) is 4.25. The van der Waals surface area contributed by atoms with Gasteiger partial charge in [-0.2, -0.15) is 0 Å². The first-order valence-electron chi connectivity index (χ1n) is 5.43. The monoisotopic (exact) mass is 245 g/mol. The Labute approximate surface area is 101 Å². The van der Waals surface area contributed by atoms with Crippen molar-refractivity contribution in [1.82, 2.24) is 0 Å². The Hall–Kier alpha value is -0.800. The van der Waals surface area contributed by atoms with E-state index < -0.39 is 5.82 Å². The summed E-state index contributed by atoms with van der Waals surface area (Å²) in [4.78, 5) is 0. The second-order valence-corrected chi connectivity index (χ2v) is 4.25. The van der Waals surface area contributed by atoms with Gasteiger partial charge in [0.2, 0.25) is 0 Å². The van der Waals surface area contributed by atoms with Crippen LogP contribution in [0.4, 0.5) is 4.39 Å². The summed E-state index contributed by atoms with van der Waals surface area (Å²) in [6, 6.07) is 4.32. The molecule has 1 atom stereocenters. The molecule has 1 aromatic rings. The van der Waals surface area contributed by atoms with E-state index >= 15 is 0 Å². The van der Waals surface area contributed by atoms with Gasteiger partial charge in [0.25, 0.3) is 0 Å². The van der Waals surface area contributed by atoms with Gasteiger partial charge in [-0.05, 0) is 24.8 Å². The van der Waals surface area contributed by atoms with Crippen molar-refractivity contribution in [3.05, 3.63) is 29.6 Å². The molecule has 1 saturated carbocycles. The fourth-order valence-electron chi connectivity index (χ4n) is 2.37. The first kappa shape index (κ1) is 13.3. The van der Waals surface area contributed by atoms with Crippen LogP contribution in [0.3, 0.4) is 0 Å². The third-order valence-electron chi connectivity index (χ3n) is 3.28. The number of phenolic OH excluding ortho intramolecular Hbond substituents is 1. The summed E-state index contributed by atoms with van der Waals surface area (Å²) >= 11 is 0. The first-order valence-corrected chi connectivity index (χ1v) is 5.43. The van der Waals surface area contributed by atoms with Crippen LogP contribution >= 0.6 is 12.4 Å². The van der Waals surface area contributed by atoms with Gasteiger partial charge in [-0.1, -0.05) is 25.0 Å². The van der Waals surface area contributed by atoms with E-state index in [-0.39, 0.29) is 24.2 Å². The number of para-hydroxylation sites is 1. The van der Waals surface area contributed by atoms with E-state index in [4.69, 9.17) is 5.73 Å². The highest BCUT2D eigenvalue weighted by Gasteiger charge is 2.25. The van der Waals surface area contributed by atoms with Gasteiger partial charge >= 0.3 is 0 Å². The minimum atomic E-state index is -0.582. The average molecular weight is 246 g/mol. The van der Waals surface area contributed by atoms with Crippen molar-refractivity contribution in [3.63, 3.8) is 0 Å². The van der Waals surface area contributed by atoms with Crippen LogP contribution in [0.2, 0.25) is 0 Å². The van der Waals surface area contributed by atoms with E-state index in [1.165, 1.54) is 18.9 Å². The SMILES string of the molecule is Cl.N[C@@H](c1cccc(F)c1O)C1CCCC1. The van der Waals surface area contributed by atoms with Gasteiger partial charge in [0.15, 0.2) is 11.6 Å². The standard InChI is InChI=1S/C12H16FNO.ClH/c13-10-7-3-6-9(12(10)15)11(14)8-4-1-2-5-8;/h3,6-8,11,15H,1-2,4-5,14H2;1H/t11-;/m1./s1. The van der Waals surface area contributed by atoms with E-state index in [1.807, 2.05) is 0 Å². The van der Waals surface area contributed by atoms with Gasteiger partial charge in [0, 0.05) is 11.6 Å². The van der Waals surface area contributed by atoms with Crippen LogP contribution in [0.1, 0.15) is 37.3 Å². The first-order chi connectivity index (χ1) is 7.20. The summed E-state index contributed by atoms with van der Waals surface area (Å²) in [5.74, 6) is -0.476. The van der Waals surface area contributed by atoms with E-state index in [0.717, 1.165) is 12.8 Å². The second kappa shape index (κ2) is 5.51. The van der Waals surface area contributed by atoms with Crippen molar-refractivity contribution in [3.8, 4) is 5.75 Å². The highest BCUT2D eigenvalue weighted by molar-refractivity contribution is 5.85. The molecular weight excluding hydrogens is 229 g/mol. The van der Waals surface area contributed by atoms with Crippen LogP contribution in [0.15, 0.2) is 18.2 Å². The minimum Gasteiger partial charge on any atom is -0.505 e. The van der Waals surface area contributed by atoms with Crippen molar-refractivity contribution in [1.29, 1.82) is 0 Å². The van der Waals surface area contributed by atoms with Crippen LogP contribution in [0.25, 0.3) is 0 Å². The van der Waals surface area contributed by atoms with Crippen LogP contribution < -0.4 is 5.73 Å². The molecule has 0 aromatic heterocycles. The molecule has 0 aliphatic heterocycles. The number of benzene rings is 1. The van der Waals surface area contributed by atoms with Crippen LogP contribution in [-0.2, 0) is 0 Å². The summed E-state index contributed by atoms with van der Waals surface area (Å²) < 4.78 is 13.1. The molecule has 90 valence electrons. The molecule has 1 aromatic carbocycles. The Morgan fingerprint density at radius 3 is 2.56 bits per heavy atom. The Morgan fingerprint density at radius 2 is 1.94 bits per heavy atom. The lowest BCUT2D eigenvalue weighted by atomic mass is 9.92. The number of phenols is 1. The van der Waals surface area contributed by atoms with Crippen molar-refractivity contribution in [2.24, 2.45) is 11.7 Å². The third-order valence-corrected chi connectivity index (χ3v) is 3.28. The normalized spacial score (nSPS) is 18.1. The van der Waals surface area contributed by atoms with Crippen LogP contribution in [-0.4, -0.2) is 5.11 Å². The maximum Gasteiger partial charge on any atom is 0.165 e. The molecular formula is C12H17ClFNO. The van der Waals surface area contributed by atoms with Crippen molar-refractivity contribution >= 4 is 12.4 Å². The molecule has 0 unspecified atom stereocenters. The molecule has 4 heteroatoms. The molecule has 16 heavy (non-hydrogen) atoms. The number of hydrogen-bond donors (Lipinski definition) is 2. The van der Waals surface area contributed by atoms with Crippen LogP contribution in [0, 0.1) is 11.7 Å². The smallest absolute Gasteiger partial charge is 0.165 e. The summed E-state index contributed by atoms with van der Waals surface area (Å²) in [7, 11) is 0. The number of hydrogen-bond acceptors (Lipinski definition) is 2. The van der Waals surface area contributed by atoms with E-state index in [1.54, 1.807) is 12.1 Å². The Balaban J connectivity index is 0.00000128. The predicted octanol–water partition coefficient (Wildman–Crippen LogP) is 3.14. The highest BCUT2D eigenvalue weighted by atomic mass is 35.5. The van der Waals surface area contributed by atoms with Gasteiger partial charge < -0.3 is 10.8 Å². The molecule has 0 radical (unpaired) electrons. The summed E-state index contributed by atoms with van der Waals surface area (Å²) in [5, 5.41) is 9.57. The zero-order chi connectivity index (χ0) is 10.8. The van der Waals surface area contributed by atoms with Crippen molar-refractivity contribution < 1.29 is 9.50 Å². The van der Waals surface area contributed by atoms with Gasteiger partial charge in [0.1, 0.15) is 0 Å². The molecule has 3 N–H and O–H groups in total. The van der Waals surface area contributed by atoms with Gasteiger partial charge in [-0.3, -0.25) is 0 Å². The Kier molecular flexibility index (Phi) is 4.56. The molecule has 1 aliphatic carbocycles. The third kappa shape index (κ3) is 2.47.